The number of nitrogens with one attached hydrogen (secondary N) is 1. The molecule has 1 heterocycles. The molecule has 0 aliphatic carbocycles. The summed E-state index contributed by atoms with van der Waals surface area (Å²) in [6.45, 7) is 0. The zero-order valence-electron chi connectivity index (χ0n) is 12.4. The lowest BCUT2D eigenvalue weighted by Gasteiger charge is -2.11. The van der Waals surface area contributed by atoms with Gasteiger partial charge in [0.1, 0.15) is 17.3 Å². The lowest BCUT2D eigenvalue weighted by molar-refractivity contribution is 0.102. The van der Waals surface area contributed by atoms with Gasteiger partial charge < -0.3 is 10.1 Å². The summed E-state index contributed by atoms with van der Waals surface area (Å²) < 4.78 is 19.8. The molecule has 2 aromatic carbocycles. The van der Waals surface area contributed by atoms with E-state index in [2.05, 4.69) is 10.3 Å². The number of nitrogens with zero attached hydrogens (tertiary/aromatic N) is 2. The second-order valence-electron chi connectivity index (χ2n) is 4.78. The maximum Gasteiger partial charge on any atom is 0.274 e. The molecule has 0 aliphatic rings. The molecule has 1 N–H and O–H groups in total. The minimum atomic E-state index is -0.339. The summed E-state index contributed by atoms with van der Waals surface area (Å²) in [4.78, 5) is 16.5. The van der Waals surface area contributed by atoms with Crippen molar-refractivity contribution < 1.29 is 13.9 Å². The first-order valence-electron chi connectivity index (χ1n) is 6.91. The summed E-state index contributed by atoms with van der Waals surface area (Å²) in [6, 6.07) is 12.9. The van der Waals surface area contributed by atoms with Crippen LogP contribution in [0.4, 0.5) is 10.1 Å². The van der Waals surface area contributed by atoms with Gasteiger partial charge in [0.05, 0.1) is 25.3 Å². The van der Waals surface area contributed by atoms with Crippen molar-refractivity contribution in [1.29, 1.82) is 0 Å². The van der Waals surface area contributed by atoms with Crippen molar-refractivity contribution >= 4 is 11.6 Å². The Morgan fingerprint density at radius 2 is 1.91 bits per heavy atom. The van der Waals surface area contributed by atoms with Gasteiger partial charge >= 0.3 is 0 Å². The molecular weight excluding hydrogens is 297 g/mol. The molecule has 3 rings (SSSR count). The molecule has 0 fully saturated rings. The van der Waals surface area contributed by atoms with Crippen LogP contribution in [0.5, 0.6) is 5.75 Å². The number of methoxy groups -OCH3 is 1. The zero-order chi connectivity index (χ0) is 16.2. The first-order chi connectivity index (χ1) is 11.2. The van der Waals surface area contributed by atoms with E-state index < -0.39 is 0 Å². The first kappa shape index (κ1) is 14.8. The highest BCUT2D eigenvalue weighted by Crippen LogP contribution is 2.24. The van der Waals surface area contributed by atoms with Gasteiger partial charge in [-0.25, -0.2) is 9.37 Å². The van der Waals surface area contributed by atoms with E-state index in [0.717, 1.165) is 0 Å². The van der Waals surface area contributed by atoms with Crippen LogP contribution in [0.2, 0.25) is 0 Å². The summed E-state index contributed by atoms with van der Waals surface area (Å²) in [7, 11) is 1.54. The predicted molar refractivity (Wildman–Crippen MR) is 84.5 cm³/mol. The van der Waals surface area contributed by atoms with Gasteiger partial charge in [-0.1, -0.05) is 12.1 Å². The molecular formula is C17H14FN3O2. The Labute approximate surface area is 132 Å². The monoisotopic (exact) mass is 311 g/mol. The molecule has 0 aliphatic heterocycles. The fourth-order valence-corrected chi connectivity index (χ4v) is 2.20. The Balaban J connectivity index is 1.89. The van der Waals surface area contributed by atoms with E-state index in [-0.39, 0.29) is 11.7 Å². The standard InChI is InChI=1S/C17H14FN3O2/c1-23-16-5-3-2-4-14(16)20-17(22)15-10-19-11-21(15)13-8-6-12(18)7-9-13/h2-11H,1H3,(H,20,22). The molecule has 0 unspecified atom stereocenters. The van der Waals surface area contributed by atoms with E-state index in [1.807, 2.05) is 6.07 Å². The van der Waals surface area contributed by atoms with Crippen LogP contribution >= 0.6 is 0 Å². The molecule has 0 saturated heterocycles. The first-order valence-corrected chi connectivity index (χ1v) is 6.91. The van der Waals surface area contributed by atoms with Gasteiger partial charge in [0.2, 0.25) is 0 Å². The Morgan fingerprint density at radius 3 is 2.65 bits per heavy atom. The van der Waals surface area contributed by atoms with Gasteiger partial charge in [0, 0.05) is 5.69 Å². The smallest absolute Gasteiger partial charge is 0.274 e. The van der Waals surface area contributed by atoms with Crippen molar-refractivity contribution in [1.82, 2.24) is 9.55 Å². The number of halogens is 1. The molecule has 23 heavy (non-hydrogen) atoms. The molecule has 0 bridgehead atoms. The average molecular weight is 311 g/mol. The van der Waals surface area contributed by atoms with Crippen LogP contribution in [-0.2, 0) is 0 Å². The molecule has 0 saturated carbocycles. The van der Waals surface area contributed by atoms with Crippen molar-refractivity contribution in [3.05, 3.63) is 72.6 Å². The molecule has 116 valence electrons. The van der Waals surface area contributed by atoms with Gasteiger partial charge in [0.15, 0.2) is 0 Å². The van der Waals surface area contributed by atoms with Crippen molar-refractivity contribution in [3.8, 4) is 11.4 Å². The summed E-state index contributed by atoms with van der Waals surface area (Å²) in [5.41, 5.74) is 1.54. The Bertz CT molecular complexity index is 828. The largest absolute Gasteiger partial charge is 0.495 e. The Hall–Kier alpha value is -3.15. The minimum Gasteiger partial charge on any atom is -0.495 e. The van der Waals surface area contributed by atoms with Crippen molar-refractivity contribution in [2.75, 3.05) is 12.4 Å². The van der Waals surface area contributed by atoms with Crippen LogP contribution in [0.1, 0.15) is 10.5 Å². The van der Waals surface area contributed by atoms with E-state index >= 15 is 0 Å². The summed E-state index contributed by atoms with van der Waals surface area (Å²) >= 11 is 0. The SMILES string of the molecule is COc1ccccc1NC(=O)c1cncn1-c1ccc(F)cc1. The molecule has 1 aromatic heterocycles. The zero-order valence-corrected chi connectivity index (χ0v) is 12.4. The van der Waals surface area contributed by atoms with Crippen molar-refractivity contribution in [2.24, 2.45) is 0 Å². The molecule has 0 atom stereocenters. The van der Waals surface area contributed by atoms with Crippen LogP contribution in [0.15, 0.2) is 61.1 Å². The molecule has 5 nitrogen and oxygen atoms in total. The highest BCUT2D eigenvalue weighted by atomic mass is 19.1. The second kappa shape index (κ2) is 6.31. The molecule has 0 spiro atoms. The molecule has 1 amide bonds. The summed E-state index contributed by atoms with van der Waals surface area (Å²) in [5, 5.41) is 2.79. The molecule has 3 aromatic rings. The third kappa shape index (κ3) is 3.06. The lowest BCUT2D eigenvalue weighted by Crippen LogP contribution is -2.16. The van der Waals surface area contributed by atoms with E-state index in [9.17, 15) is 9.18 Å². The van der Waals surface area contributed by atoms with Crippen LogP contribution < -0.4 is 10.1 Å². The van der Waals surface area contributed by atoms with Crippen LogP contribution in [0.3, 0.4) is 0 Å². The van der Waals surface area contributed by atoms with Crippen LogP contribution in [0, 0.1) is 5.82 Å². The van der Waals surface area contributed by atoms with E-state index in [1.54, 1.807) is 34.9 Å². The number of hydrogen-bond acceptors (Lipinski definition) is 3. The fraction of sp³-hybridized carbons (Fsp3) is 0.0588. The number of para-hydroxylation sites is 2. The number of carbonyl (C=O) groups is 1. The van der Waals surface area contributed by atoms with Crippen molar-refractivity contribution in [2.45, 2.75) is 0 Å². The normalized spacial score (nSPS) is 10.3. The van der Waals surface area contributed by atoms with E-state index in [0.29, 0.717) is 22.8 Å². The van der Waals surface area contributed by atoms with E-state index in [4.69, 9.17) is 4.74 Å². The maximum absolute atomic E-state index is 13.0. The Morgan fingerprint density at radius 1 is 1.17 bits per heavy atom. The number of benzene rings is 2. The van der Waals surface area contributed by atoms with Crippen molar-refractivity contribution in [3.63, 3.8) is 0 Å². The number of ether oxygens (including phenoxy) is 1. The maximum atomic E-state index is 13.0. The van der Waals surface area contributed by atoms with Crippen LogP contribution in [0.25, 0.3) is 5.69 Å². The van der Waals surface area contributed by atoms with Crippen LogP contribution in [-0.4, -0.2) is 22.6 Å². The number of rotatable bonds is 4. The average Bonchev–Trinajstić information content (AvgIpc) is 3.06. The van der Waals surface area contributed by atoms with Gasteiger partial charge in [-0.05, 0) is 36.4 Å². The summed E-state index contributed by atoms with van der Waals surface area (Å²) in [6.07, 6.45) is 2.96. The third-order valence-corrected chi connectivity index (χ3v) is 3.33. The topological polar surface area (TPSA) is 56.1 Å². The Kier molecular flexibility index (Phi) is 4.05. The van der Waals surface area contributed by atoms with E-state index in [1.165, 1.54) is 31.8 Å². The second-order valence-corrected chi connectivity index (χ2v) is 4.78. The number of aromatic nitrogens is 2. The van der Waals surface area contributed by atoms with Gasteiger partial charge in [-0.2, -0.15) is 0 Å². The lowest BCUT2D eigenvalue weighted by atomic mass is 10.2. The number of imidazole rings is 1. The fourth-order valence-electron chi connectivity index (χ4n) is 2.20. The number of carbonyl (C=O) groups excluding carboxylic acids is 1. The highest BCUT2D eigenvalue weighted by molar-refractivity contribution is 6.04. The molecule has 6 heteroatoms. The highest BCUT2D eigenvalue weighted by Gasteiger charge is 2.15. The predicted octanol–water partition coefficient (Wildman–Crippen LogP) is 3.27. The minimum absolute atomic E-state index is 0.336. The van der Waals surface area contributed by atoms with Gasteiger partial charge in [0.25, 0.3) is 5.91 Å². The molecule has 0 radical (unpaired) electrons. The number of hydrogen-bond donors (Lipinski definition) is 1. The third-order valence-electron chi connectivity index (χ3n) is 3.33. The summed E-state index contributed by atoms with van der Waals surface area (Å²) in [5.74, 6) is -0.112. The van der Waals surface area contributed by atoms with Gasteiger partial charge in [-0.3, -0.25) is 9.36 Å². The number of anilines is 1. The quantitative estimate of drug-likeness (QED) is 0.804. The van der Waals surface area contributed by atoms with Gasteiger partial charge in [-0.15, -0.1) is 0 Å². The number of amides is 1.